The fourth-order valence-electron chi connectivity index (χ4n) is 9.34. The molecule has 8 rings (SSSR count). The quantitative estimate of drug-likeness (QED) is 0.329. The van der Waals surface area contributed by atoms with Crippen LogP contribution < -0.4 is 15.1 Å². The molecule has 3 fully saturated rings. The van der Waals surface area contributed by atoms with Crippen LogP contribution in [-0.4, -0.2) is 84.5 Å². The first kappa shape index (κ1) is 32.8. The second-order valence-corrected chi connectivity index (χ2v) is 15.1. The van der Waals surface area contributed by atoms with Crippen molar-refractivity contribution in [3.8, 4) is 5.75 Å². The van der Waals surface area contributed by atoms with Gasteiger partial charge in [0.1, 0.15) is 11.8 Å². The van der Waals surface area contributed by atoms with Crippen molar-refractivity contribution >= 4 is 29.1 Å². The SMILES string of the molecule is CC[C@H]1CCc2cc(O)ccc2[C@H]1c1ccc(N2CCC(CN3CCN(c4ccc5c(c4)CN(C4CCC(=O)NC4=O)C5=O)CC3)CC2)cc1. The summed E-state index contributed by atoms with van der Waals surface area (Å²) in [4.78, 5) is 46.4. The van der Waals surface area contributed by atoms with Gasteiger partial charge in [0.15, 0.2) is 0 Å². The maximum Gasteiger partial charge on any atom is 0.255 e. The Labute approximate surface area is 295 Å². The molecule has 9 heteroatoms. The van der Waals surface area contributed by atoms with E-state index in [1.807, 2.05) is 24.3 Å². The molecule has 1 aliphatic carbocycles. The zero-order chi connectivity index (χ0) is 34.4. The molecule has 50 heavy (non-hydrogen) atoms. The molecule has 0 saturated carbocycles. The lowest BCUT2D eigenvalue weighted by Gasteiger charge is -2.40. The molecule has 1 unspecified atom stereocenters. The molecule has 3 amide bonds. The average molecular weight is 676 g/mol. The number of imide groups is 1. The number of aromatic hydroxyl groups is 1. The first-order valence-corrected chi connectivity index (χ1v) is 18.8. The van der Waals surface area contributed by atoms with Crippen LogP contribution in [0.4, 0.5) is 11.4 Å². The first-order valence-electron chi connectivity index (χ1n) is 18.8. The summed E-state index contributed by atoms with van der Waals surface area (Å²) in [6, 6.07) is 20.8. The minimum Gasteiger partial charge on any atom is -0.508 e. The summed E-state index contributed by atoms with van der Waals surface area (Å²) in [6.45, 7) is 10.0. The van der Waals surface area contributed by atoms with Crippen molar-refractivity contribution in [2.45, 2.75) is 70.4 Å². The molecule has 5 aliphatic rings. The van der Waals surface area contributed by atoms with E-state index in [1.54, 1.807) is 4.90 Å². The van der Waals surface area contributed by atoms with E-state index in [2.05, 4.69) is 63.3 Å². The Morgan fingerprint density at radius 3 is 2.24 bits per heavy atom. The number of piperazine rings is 1. The Bertz CT molecular complexity index is 1760. The Morgan fingerprint density at radius 1 is 0.760 bits per heavy atom. The van der Waals surface area contributed by atoms with Crippen molar-refractivity contribution < 1.29 is 19.5 Å². The molecule has 2 N–H and O–H groups in total. The van der Waals surface area contributed by atoms with E-state index in [-0.39, 0.29) is 24.1 Å². The molecule has 0 aromatic heterocycles. The molecule has 0 radical (unpaired) electrons. The minimum atomic E-state index is -0.580. The fourth-order valence-corrected chi connectivity index (χ4v) is 9.34. The number of phenols is 1. The fraction of sp³-hybridized carbons (Fsp3) is 0.488. The Balaban J connectivity index is 0.820. The van der Waals surface area contributed by atoms with Crippen LogP contribution >= 0.6 is 0 Å². The van der Waals surface area contributed by atoms with Gasteiger partial charge in [-0.1, -0.05) is 31.5 Å². The van der Waals surface area contributed by atoms with Gasteiger partial charge < -0.3 is 19.8 Å². The van der Waals surface area contributed by atoms with E-state index in [0.29, 0.717) is 42.0 Å². The molecule has 4 heterocycles. The predicted molar refractivity (Wildman–Crippen MR) is 195 cm³/mol. The van der Waals surface area contributed by atoms with Crippen molar-refractivity contribution in [1.82, 2.24) is 15.1 Å². The second-order valence-electron chi connectivity index (χ2n) is 15.1. The summed E-state index contributed by atoms with van der Waals surface area (Å²) in [5.74, 6) is 1.36. The van der Waals surface area contributed by atoms with Crippen LogP contribution in [0.25, 0.3) is 0 Å². The average Bonchev–Trinajstić information content (AvgIpc) is 3.46. The number of carbonyl (C=O) groups excluding carboxylic acids is 3. The van der Waals surface area contributed by atoms with Crippen LogP contribution in [0.1, 0.15) is 84.0 Å². The van der Waals surface area contributed by atoms with Crippen LogP contribution in [0.5, 0.6) is 5.75 Å². The maximum atomic E-state index is 13.1. The van der Waals surface area contributed by atoms with Gasteiger partial charge >= 0.3 is 0 Å². The number of anilines is 2. The lowest BCUT2D eigenvalue weighted by molar-refractivity contribution is -0.136. The lowest BCUT2D eigenvalue weighted by atomic mass is 9.71. The number of carbonyl (C=O) groups is 3. The monoisotopic (exact) mass is 675 g/mol. The summed E-state index contributed by atoms with van der Waals surface area (Å²) < 4.78 is 0. The Morgan fingerprint density at radius 2 is 1.50 bits per heavy atom. The number of nitrogens with one attached hydrogen (secondary N) is 1. The number of fused-ring (bicyclic) bond motifs is 2. The lowest BCUT2D eigenvalue weighted by Crippen LogP contribution is -2.52. The summed E-state index contributed by atoms with van der Waals surface area (Å²) in [6.07, 6.45) is 6.46. The van der Waals surface area contributed by atoms with Crippen molar-refractivity contribution in [3.63, 3.8) is 0 Å². The molecular weight excluding hydrogens is 626 g/mol. The molecule has 3 aromatic rings. The topological polar surface area (TPSA) is 96.4 Å². The van der Waals surface area contributed by atoms with Gasteiger partial charge in [-0.15, -0.1) is 0 Å². The molecular formula is C41H49N5O4. The number of piperidine rings is 2. The van der Waals surface area contributed by atoms with Crippen molar-refractivity contribution in [3.05, 3.63) is 88.5 Å². The number of hydrogen-bond acceptors (Lipinski definition) is 7. The highest BCUT2D eigenvalue weighted by Crippen LogP contribution is 2.44. The van der Waals surface area contributed by atoms with E-state index in [0.717, 1.165) is 63.5 Å². The Hall–Kier alpha value is -4.37. The summed E-state index contributed by atoms with van der Waals surface area (Å²) >= 11 is 0. The zero-order valence-corrected chi connectivity index (χ0v) is 29.2. The van der Waals surface area contributed by atoms with Gasteiger partial charge in [0.2, 0.25) is 11.8 Å². The van der Waals surface area contributed by atoms with Crippen LogP contribution in [0.15, 0.2) is 60.7 Å². The first-order chi connectivity index (χ1) is 24.3. The predicted octanol–water partition coefficient (Wildman–Crippen LogP) is 5.30. The number of phenolic OH excluding ortho intramolecular Hbond substituents is 1. The smallest absolute Gasteiger partial charge is 0.255 e. The minimum absolute atomic E-state index is 0.118. The number of nitrogens with zero attached hydrogens (tertiary/aromatic N) is 4. The van der Waals surface area contributed by atoms with Gasteiger partial charge in [-0.25, -0.2) is 0 Å². The molecule has 0 bridgehead atoms. The van der Waals surface area contributed by atoms with Crippen LogP contribution in [0.3, 0.4) is 0 Å². The van der Waals surface area contributed by atoms with Gasteiger partial charge in [-0.05, 0) is 109 Å². The van der Waals surface area contributed by atoms with Crippen LogP contribution in [0, 0.1) is 11.8 Å². The van der Waals surface area contributed by atoms with Gasteiger partial charge in [-0.3, -0.25) is 24.6 Å². The molecule has 3 aromatic carbocycles. The van der Waals surface area contributed by atoms with Gasteiger partial charge in [0.05, 0.1) is 0 Å². The van der Waals surface area contributed by atoms with E-state index < -0.39 is 6.04 Å². The van der Waals surface area contributed by atoms with Gasteiger partial charge in [0.25, 0.3) is 5.91 Å². The summed E-state index contributed by atoms with van der Waals surface area (Å²) in [5, 5.41) is 12.4. The van der Waals surface area contributed by atoms with Crippen molar-refractivity contribution in [2.24, 2.45) is 11.8 Å². The van der Waals surface area contributed by atoms with Gasteiger partial charge in [0, 0.05) is 81.6 Å². The molecule has 3 saturated heterocycles. The third-order valence-electron chi connectivity index (χ3n) is 12.2. The highest BCUT2D eigenvalue weighted by Gasteiger charge is 2.39. The number of aryl methyl sites for hydroxylation is 1. The third kappa shape index (κ3) is 6.36. The summed E-state index contributed by atoms with van der Waals surface area (Å²) in [7, 11) is 0. The second kappa shape index (κ2) is 13.7. The number of hydrogen-bond donors (Lipinski definition) is 2. The van der Waals surface area contributed by atoms with E-state index in [9.17, 15) is 19.5 Å². The van der Waals surface area contributed by atoms with Crippen molar-refractivity contribution in [1.29, 1.82) is 0 Å². The number of rotatable bonds is 7. The molecule has 3 atom stereocenters. The number of benzene rings is 3. The standard InChI is InChI=1S/C41H49N5O4/c1-2-28-3-4-30-24-34(47)10-12-35(30)39(28)29-5-7-32(8-6-29)44-17-15-27(16-18-44)25-43-19-21-45(22-20-43)33-9-11-36-31(23-33)26-46(41(36)50)37-13-14-38(48)42-40(37)49/h5-12,23-24,27-28,37,39,47H,2-4,13-22,25-26H2,1H3,(H,42,48,49)/t28-,37?,39+/m0/s1. The van der Waals surface area contributed by atoms with Gasteiger partial charge in [-0.2, -0.15) is 0 Å². The molecule has 0 spiro atoms. The normalized spacial score (nSPS) is 24.7. The number of amides is 3. The largest absolute Gasteiger partial charge is 0.508 e. The van der Waals surface area contributed by atoms with E-state index >= 15 is 0 Å². The van der Waals surface area contributed by atoms with Crippen LogP contribution in [-0.2, 0) is 22.6 Å². The molecule has 4 aliphatic heterocycles. The highest BCUT2D eigenvalue weighted by atomic mass is 16.3. The van der Waals surface area contributed by atoms with Crippen molar-refractivity contribution in [2.75, 3.05) is 55.6 Å². The van der Waals surface area contributed by atoms with E-state index in [4.69, 9.17) is 0 Å². The summed E-state index contributed by atoms with van der Waals surface area (Å²) in [5.41, 5.74) is 8.17. The molecule has 9 nitrogen and oxygen atoms in total. The molecule has 262 valence electrons. The maximum absolute atomic E-state index is 13.1. The third-order valence-corrected chi connectivity index (χ3v) is 12.2. The zero-order valence-electron chi connectivity index (χ0n) is 29.2. The van der Waals surface area contributed by atoms with E-state index in [1.165, 1.54) is 48.1 Å². The van der Waals surface area contributed by atoms with Crippen LogP contribution in [0.2, 0.25) is 0 Å². The Kier molecular flexibility index (Phi) is 9.02. The highest BCUT2D eigenvalue weighted by molar-refractivity contribution is 6.05.